The van der Waals surface area contributed by atoms with Gasteiger partial charge < -0.3 is 9.84 Å². The molecule has 1 atom stereocenters. The normalized spacial score (nSPS) is 20.0. The molecule has 1 unspecified atom stereocenters. The molecule has 0 aromatic heterocycles. The molecular formula is C25H29F3O2. The Hall–Kier alpha value is -2.27. The van der Waals surface area contributed by atoms with Gasteiger partial charge in [-0.15, -0.1) is 0 Å². The van der Waals surface area contributed by atoms with E-state index in [1.54, 1.807) is 19.1 Å². The molecule has 30 heavy (non-hydrogen) atoms. The molecule has 0 spiro atoms. The number of ether oxygens (including phenoxy) is 1. The third kappa shape index (κ3) is 5.25. The third-order valence-corrected chi connectivity index (χ3v) is 6.08. The SMILES string of the molecule is C=CCOc1ccc(C2CCC(CCc3ccc(C(C)O)c(F)c3)CC2)c(F)c1F. The van der Waals surface area contributed by atoms with Crippen LogP contribution in [0.25, 0.3) is 0 Å². The first-order valence-corrected chi connectivity index (χ1v) is 10.6. The lowest BCUT2D eigenvalue weighted by Crippen LogP contribution is -2.15. The predicted octanol–water partition coefficient (Wildman–Crippen LogP) is 6.63. The van der Waals surface area contributed by atoms with Crippen molar-refractivity contribution in [2.45, 2.75) is 57.5 Å². The minimum Gasteiger partial charge on any atom is -0.486 e. The van der Waals surface area contributed by atoms with Crippen LogP contribution >= 0.6 is 0 Å². The number of hydrogen-bond donors (Lipinski definition) is 1. The molecule has 2 aromatic rings. The van der Waals surface area contributed by atoms with Gasteiger partial charge in [-0.3, -0.25) is 0 Å². The summed E-state index contributed by atoms with van der Waals surface area (Å²) < 4.78 is 48.0. The highest BCUT2D eigenvalue weighted by molar-refractivity contribution is 5.33. The molecule has 0 saturated heterocycles. The van der Waals surface area contributed by atoms with E-state index in [0.717, 1.165) is 44.1 Å². The zero-order chi connectivity index (χ0) is 21.7. The van der Waals surface area contributed by atoms with Crippen LogP contribution in [0.4, 0.5) is 13.2 Å². The lowest BCUT2D eigenvalue weighted by Gasteiger charge is -2.29. The summed E-state index contributed by atoms with van der Waals surface area (Å²) in [4.78, 5) is 0. The summed E-state index contributed by atoms with van der Waals surface area (Å²) >= 11 is 0. The Bertz CT molecular complexity index is 871. The van der Waals surface area contributed by atoms with E-state index in [-0.39, 0.29) is 24.1 Å². The van der Waals surface area contributed by atoms with Crippen LogP contribution in [0, 0.1) is 23.4 Å². The summed E-state index contributed by atoms with van der Waals surface area (Å²) in [7, 11) is 0. The van der Waals surface area contributed by atoms with Crippen LogP contribution < -0.4 is 4.74 Å². The second-order valence-corrected chi connectivity index (χ2v) is 8.17. The molecule has 0 amide bonds. The van der Waals surface area contributed by atoms with Crippen LogP contribution in [0.2, 0.25) is 0 Å². The third-order valence-electron chi connectivity index (χ3n) is 6.08. The van der Waals surface area contributed by atoms with Crippen molar-refractivity contribution in [3.63, 3.8) is 0 Å². The molecule has 1 fully saturated rings. The molecule has 0 heterocycles. The summed E-state index contributed by atoms with van der Waals surface area (Å²) in [6.07, 6.45) is 5.87. The number of aliphatic hydroxyl groups is 1. The summed E-state index contributed by atoms with van der Waals surface area (Å²) in [5.41, 5.74) is 1.66. The van der Waals surface area contributed by atoms with Gasteiger partial charge in [0.15, 0.2) is 11.6 Å². The molecule has 0 radical (unpaired) electrons. The molecule has 162 valence electrons. The van der Waals surface area contributed by atoms with Gasteiger partial charge in [0.05, 0.1) is 6.10 Å². The number of benzene rings is 2. The standard InChI is InChI=1S/C25H29F3O2/c1-3-14-30-23-13-12-21(24(27)25(23)28)19-9-6-17(7-10-19)4-5-18-8-11-20(16(2)29)22(26)15-18/h3,8,11-13,15-17,19,29H,1,4-7,9-10,14H2,2H3. The lowest BCUT2D eigenvalue weighted by molar-refractivity contribution is 0.194. The monoisotopic (exact) mass is 418 g/mol. The second-order valence-electron chi connectivity index (χ2n) is 8.17. The molecule has 2 aromatic carbocycles. The fraction of sp³-hybridized carbons (Fsp3) is 0.440. The Balaban J connectivity index is 1.54. The van der Waals surface area contributed by atoms with Crippen LogP contribution in [-0.2, 0) is 6.42 Å². The Morgan fingerprint density at radius 1 is 1.10 bits per heavy atom. The largest absolute Gasteiger partial charge is 0.486 e. The quantitative estimate of drug-likeness (QED) is 0.488. The minimum absolute atomic E-state index is 0.00646. The highest BCUT2D eigenvalue weighted by atomic mass is 19.2. The topological polar surface area (TPSA) is 29.5 Å². The molecule has 1 aliphatic rings. The van der Waals surface area contributed by atoms with E-state index >= 15 is 0 Å². The zero-order valence-electron chi connectivity index (χ0n) is 17.3. The van der Waals surface area contributed by atoms with E-state index < -0.39 is 17.7 Å². The summed E-state index contributed by atoms with van der Waals surface area (Å²) in [5, 5.41) is 9.54. The molecule has 2 nitrogen and oxygen atoms in total. The first-order chi connectivity index (χ1) is 14.4. The van der Waals surface area contributed by atoms with E-state index in [1.165, 1.54) is 18.2 Å². The van der Waals surface area contributed by atoms with Crippen molar-refractivity contribution in [3.05, 3.63) is 77.1 Å². The number of aryl methyl sites for hydroxylation is 1. The maximum Gasteiger partial charge on any atom is 0.200 e. The van der Waals surface area contributed by atoms with Crippen molar-refractivity contribution in [1.82, 2.24) is 0 Å². The summed E-state index contributed by atoms with van der Waals surface area (Å²) in [6.45, 7) is 5.19. The molecule has 3 rings (SSSR count). The van der Waals surface area contributed by atoms with E-state index in [0.29, 0.717) is 17.0 Å². The van der Waals surface area contributed by atoms with Gasteiger partial charge >= 0.3 is 0 Å². The van der Waals surface area contributed by atoms with Crippen LogP contribution in [0.5, 0.6) is 5.75 Å². The van der Waals surface area contributed by atoms with Gasteiger partial charge in [-0.05, 0) is 80.5 Å². The maximum absolute atomic E-state index is 14.5. The fourth-order valence-corrected chi connectivity index (χ4v) is 4.32. The number of aliphatic hydroxyl groups excluding tert-OH is 1. The minimum atomic E-state index is -0.931. The first-order valence-electron chi connectivity index (χ1n) is 10.6. The van der Waals surface area contributed by atoms with Crippen molar-refractivity contribution in [2.24, 2.45) is 5.92 Å². The lowest BCUT2D eigenvalue weighted by atomic mass is 9.76. The van der Waals surface area contributed by atoms with Crippen LogP contribution in [-0.4, -0.2) is 11.7 Å². The van der Waals surface area contributed by atoms with Crippen LogP contribution in [0.1, 0.15) is 67.7 Å². The van der Waals surface area contributed by atoms with Gasteiger partial charge in [0, 0.05) is 5.56 Å². The maximum atomic E-state index is 14.5. The fourth-order valence-electron chi connectivity index (χ4n) is 4.32. The highest BCUT2D eigenvalue weighted by Crippen LogP contribution is 2.40. The van der Waals surface area contributed by atoms with Crippen molar-refractivity contribution in [1.29, 1.82) is 0 Å². The molecular weight excluding hydrogens is 389 g/mol. The van der Waals surface area contributed by atoms with Gasteiger partial charge in [-0.2, -0.15) is 4.39 Å². The first kappa shape index (κ1) is 22.4. The van der Waals surface area contributed by atoms with Gasteiger partial charge in [0.2, 0.25) is 5.82 Å². The van der Waals surface area contributed by atoms with Gasteiger partial charge in [0.25, 0.3) is 0 Å². The number of halogens is 3. The summed E-state index contributed by atoms with van der Waals surface area (Å²) in [6, 6.07) is 8.14. The molecule has 5 heteroatoms. The van der Waals surface area contributed by atoms with E-state index in [1.807, 2.05) is 6.07 Å². The zero-order valence-corrected chi connectivity index (χ0v) is 17.3. The van der Waals surface area contributed by atoms with Crippen molar-refractivity contribution in [2.75, 3.05) is 6.61 Å². The van der Waals surface area contributed by atoms with Crippen molar-refractivity contribution in [3.8, 4) is 5.75 Å². The predicted molar refractivity (Wildman–Crippen MR) is 112 cm³/mol. The van der Waals surface area contributed by atoms with Crippen LogP contribution in [0.3, 0.4) is 0 Å². The second kappa shape index (κ2) is 10.2. The number of rotatable bonds is 8. The van der Waals surface area contributed by atoms with Gasteiger partial charge in [0.1, 0.15) is 12.4 Å². The van der Waals surface area contributed by atoms with E-state index in [2.05, 4.69) is 6.58 Å². The van der Waals surface area contributed by atoms with Crippen molar-refractivity contribution < 1.29 is 23.0 Å². The Kier molecular flexibility index (Phi) is 7.59. The van der Waals surface area contributed by atoms with E-state index in [4.69, 9.17) is 4.74 Å². The number of hydrogen-bond acceptors (Lipinski definition) is 2. The van der Waals surface area contributed by atoms with Crippen molar-refractivity contribution >= 4 is 0 Å². The summed E-state index contributed by atoms with van der Waals surface area (Å²) in [5.74, 6) is -1.70. The Labute approximate surface area is 176 Å². The average Bonchev–Trinajstić information content (AvgIpc) is 2.73. The Morgan fingerprint density at radius 2 is 1.83 bits per heavy atom. The molecule has 0 aliphatic heterocycles. The van der Waals surface area contributed by atoms with Crippen LogP contribution in [0.15, 0.2) is 43.0 Å². The molecule has 0 bridgehead atoms. The van der Waals surface area contributed by atoms with Gasteiger partial charge in [-0.1, -0.05) is 30.9 Å². The molecule has 1 saturated carbocycles. The van der Waals surface area contributed by atoms with E-state index in [9.17, 15) is 18.3 Å². The smallest absolute Gasteiger partial charge is 0.200 e. The van der Waals surface area contributed by atoms with Gasteiger partial charge in [-0.25, -0.2) is 8.78 Å². The highest BCUT2D eigenvalue weighted by Gasteiger charge is 2.26. The Morgan fingerprint density at radius 3 is 2.47 bits per heavy atom. The molecule has 1 N–H and O–H groups in total. The molecule has 1 aliphatic carbocycles. The average molecular weight is 418 g/mol.